The minimum absolute atomic E-state index is 0.0723. The van der Waals surface area contributed by atoms with Crippen LogP contribution in [-0.4, -0.2) is 19.9 Å². The molecule has 0 saturated carbocycles. The van der Waals surface area contributed by atoms with Crippen molar-refractivity contribution < 1.29 is 8.42 Å². The molecule has 0 fully saturated rings. The highest BCUT2D eigenvalue weighted by molar-refractivity contribution is 7.91. The Morgan fingerprint density at radius 3 is 2.56 bits per heavy atom. The maximum Gasteiger partial charge on any atom is 0.150 e. The molecule has 0 aliphatic heterocycles. The van der Waals surface area contributed by atoms with Crippen LogP contribution in [0.2, 0.25) is 0 Å². The van der Waals surface area contributed by atoms with Crippen molar-refractivity contribution in [3.8, 4) is 0 Å². The summed E-state index contributed by atoms with van der Waals surface area (Å²) >= 11 is 0. The molecule has 3 nitrogen and oxygen atoms in total. The van der Waals surface area contributed by atoms with Gasteiger partial charge in [0.15, 0.2) is 0 Å². The lowest BCUT2D eigenvalue weighted by Gasteiger charge is -2.15. The number of nitrogens with two attached hydrogens (primary N) is 1. The summed E-state index contributed by atoms with van der Waals surface area (Å²) in [7, 11) is -2.87. The van der Waals surface area contributed by atoms with E-state index in [0.717, 1.165) is 5.56 Å². The van der Waals surface area contributed by atoms with E-state index in [1.54, 1.807) is 6.92 Å². The number of rotatable bonds is 6. The molecule has 0 radical (unpaired) electrons. The molecule has 4 heteroatoms. The summed E-state index contributed by atoms with van der Waals surface area (Å²) < 4.78 is 22.8. The van der Waals surface area contributed by atoms with Crippen LogP contribution in [0.1, 0.15) is 42.5 Å². The summed E-state index contributed by atoms with van der Waals surface area (Å²) in [6.45, 7) is 5.76. The van der Waals surface area contributed by atoms with Gasteiger partial charge in [0.25, 0.3) is 0 Å². The minimum atomic E-state index is -2.87. The Hall–Kier alpha value is -0.870. The SMILES string of the molecule is CCS(=O)(=O)CCCC(N)c1cc(C)ccc1C. The Balaban J connectivity index is 2.61. The third kappa shape index (κ3) is 4.42. The fraction of sp³-hybridized carbons (Fsp3) is 0.571. The van der Waals surface area contributed by atoms with Gasteiger partial charge in [-0.3, -0.25) is 0 Å². The number of aryl methyl sites for hydroxylation is 2. The van der Waals surface area contributed by atoms with E-state index in [2.05, 4.69) is 18.2 Å². The molecule has 0 aliphatic carbocycles. The minimum Gasteiger partial charge on any atom is -0.324 e. The van der Waals surface area contributed by atoms with E-state index in [4.69, 9.17) is 5.73 Å². The molecule has 1 rings (SSSR count). The first kappa shape index (κ1) is 15.2. The van der Waals surface area contributed by atoms with Gasteiger partial charge in [-0.15, -0.1) is 0 Å². The van der Waals surface area contributed by atoms with Crippen LogP contribution >= 0.6 is 0 Å². The van der Waals surface area contributed by atoms with Crippen molar-refractivity contribution >= 4 is 9.84 Å². The summed E-state index contributed by atoms with van der Waals surface area (Å²) in [5.74, 6) is 0.452. The van der Waals surface area contributed by atoms with Crippen LogP contribution in [-0.2, 0) is 9.84 Å². The van der Waals surface area contributed by atoms with Gasteiger partial charge in [-0.25, -0.2) is 8.42 Å². The average molecular weight is 269 g/mol. The van der Waals surface area contributed by atoms with Crippen LogP contribution in [0.15, 0.2) is 18.2 Å². The van der Waals surface area contributed by atoms with Crippen LogP contribution < -0.4 is 5.73 Å². The third-order valence-corrected chi connectivity index (χ3v) is 5.03. The zero-order valence-corrected chi connectivity index (χ0v) is 12.3. The molecule has 0 heterocycles. The van der Waals surface area contributed by atoms with E-state index in [0.29, 0.717) is 12.8 Å². The van der Waals surface area contributed by atoms with Crippen molar-refractivity contribution in [1.82, 2.24) is 0 Å². The Morgan fingerprint density at radius 2 is 1.94 bits per heavy atom. The molecule has 2 N–H and O–H groups in total. The van der Waals surface area contributed by atoms with Crippen molar-refractivity contribution in [2.45, 2.75) is 39.7 Å². The molecule has 1 atom stereocenters. The summed E-state index contributed by atoms with van der Waals surface area (Å²) in [6.07, 6.45) is 1.34. The van der Waals surface area contributed by atoms with Gasteiger partial charge in [0.05, 0.1) is 5.75 Å². The fourth-order valence-electron chi connectivity index (χ4n) is 1.98. The standard InChI is InChI=1S/C14H23NO2S/c1-4-18(16,17)9-5-6-14(15)13-10-11(2)7-8-12(13)3/h7-8,10,14H,4-6,9,15H2,1-3H3. The zero-order valence-electron chi connectivity index (χ0n) is 11.4. The highest BCUT2D eigenvalue weighted by Gasteiger charge is 2.12. The molecule has 0 aliphatic rings. The van der Waals surface area contributed by atoms with E-state index >= 15 is 0 Å². The van der Waals surface area contributed by atoms with Crippen LogP contribution in [0, 0.1) is 13.8 Å². The summed E-state index contributed by atoms with van der Waals surface area (Å²) in [4.78, 5) is 0. The molecule has 0 aromatic heterocycles. The maximum absolute atomic E-state index is 11.4. The van der Waals surface area contributed by atoms with E-state index in [1.165, 1.54) is 11.1 Å². The zero-order chi connectivity index (χ0) is 13.8. The van der Waals surface area contributed by atoms with Gasteiger partial charge in [-0.2, -0.15) is 0 Å². The Kier molecular flexibility index (Phi) is 5.35. The first-order valence-corrected chi connectivity index (χ1v) is 8.21. The molecule has 18 heavy (non-hydrogen) atoms. The van der Waals surface area contributed by atoms with Crippen LogP contribution in [0.3, 0.4) is 0 Å². The number of hydrogen-bond donors (Lipinski definition) is 1. The largest absolute Gasteiger partial charge is 0.324 e. The van der Waals surface area contributed by atoms with E-state index in [1.807, 2.05) is 13.8 Å². The molecule has 0 bridgehead atoms. The first-order chi connectivity index (χ1) is 8.35. The predicted octanol–water partition coefficient (Wildman–Crippen LogP) is 2.52. The topological polar surface area (TPSA) is 60.2 Å². The molecule has 0 spiro atoms. The van der Waals surface area contributed by atoms with Gasteiger partial charge in [0.2, 0.25) is 0 Å². The van der Waals surface area contributed by atoms with Gasteiger partial charge in [0, 0.05) is 11.8 Å². The fourth-order valence-corrected chi connectivity index (χ4v) is 2.88. The Bertz CT molecular complexity index is 495. The average Bonchev–Trinajstić information content (AvgIpc) is 2.32. The number of hydrogen-bond acceptors (Lipinski definition) is 3. The van der Waals surface area contributed by atoms with Crippen molar-refractivity contribution in [2.75, 3.05) is 11.5 Å². The van der Waals surface area contributed by atoms with Crippen molar-refractivity contribution in [3.63, 3.8) is 0 Å². The smallest absolute Gasteiger partial charge is 0.150 e. The second-order valence-electron chi connectivity index (χ2n) is 4.85. The predicted molar refractivity (Wildman–Crippen MR) is 76.4 cm³/mol. The van der Waals surface area contributed by atoms with Gasteiger partial charge in [0.1, 0.15) is 9.84 Å². The van der Waals surface area contributed by atoms with Crippen molar-refractivity contribution in [1.29, 1.82) is 0 Å². The van der Waals surface area contributed by atoms with Crippen molar-refractivity contribution in [2.24, 2.45) is 5.73 Å². The highest BCUT2D eigenvalue weighted by Crippen LogP contribution is 2.21. The number of benzene rings is 1. The second kappa shape index (κ2) is 6.34. The molecule has 102 valence electrons. The molecule has 1 unspecified atom stereocenters. The van der Waals surface area contributed by atoms with Crippen molar-refractivity contribution in [3.05, 3.63) is 34.9 Å². The Labute approximate surface area is 110 Å². The summed E-state index contributed by atoms with van der Waals surface area (Å²) in [6, 6.07) is 6.14. The van der Waals surface area contributed by atoms with Gasteiger partial charge in [-0.05, 0) is 37.8 Å². The highest BCUT2D eigenvalue weighted by atomic mass is 32.2. The summed E-state index contributed by atoms with van der Waals surface area (Å²) in [5, 5.41) is 0. The molecule has 1 aromatic carbocycles. The molecular formula is C14H23NO2S. The Morgan fingerprint density at radius 1 is 1.28 bits per heavy atom. The second-order valence-corrected chi connectivity index (χ2v) is 7.32. The monoisotopic (exact) mass is 269 g/mol. The number of sulfone groups is 1. The lowest BCUT2D eigenvalue weighted by atomic mass is 9.97. The van der Waals surface area contributed by atoms with Crippen LogP contribution in [0.25, 0.3) is 0 Å². The van der Waals surface area contributed by atoms with Gasteiger partial charge >= 0.3 is 0 Å². The first-order valence-electron chi connectivity index (χ1n) is 6.39. The van der Waals surface area contributed by atoms with Gasteiger partial charge in [-0.1, -0.05) is 30.7 Å². The quantitative estimate of drug-likeness (QED) is 0.863. The van der Waals surface area contributed by atoms with Crippen LogP contribution in [0.5, 0.6) is 0 Å². The summed E-state index contributed by atoms with van der Waals surface area (Å²) in [5.41, 5.74) is 9.63. The normalized spacial score (nSPS) is 13.6. The van der Waals surface area contributed by atoms with E-state index in [9.17, 15) is 8.42 Å². The van der Waals surface area contributed by atoms with E-state index < -0.39 is 9.84 Å². The maximum atomic E-state index is 11.4. The molecule has 1 aromatic rings. The molecule has 0 amide bonds. The molecular weight excluding hydrogens is 246 g/mol. The molecule has 0 saturated heterocycles. The lowest BCUT2D eigenvalue weighted by molar-refractivity contribution is 0.583. The van der Waals surface area contributed by atoms with E-state index in [-0.39, 0.29) is 17.5 Å². The lowest BCUT2D eigenvalue weighted by Crippen LogP contribution is -2.15. The van der Waals surface area contributed by atoms with Gasteiger partial charge < -0.3 is 5.73 Å². The third-order valence-electron chi connectivity index (χ3n) is 3.24. The van der Waals surface area contributed by atoms with Crippen LogP contribution in [0.4, 0.5) is 0 Å².